The van der Waals surface area contributed by atoms with Gasteiger partial charge in [-0.3, -0.25) is 9.35 Å². The van der Waals surface area contributed by atoms with Crippen molar-refractivity contribution >= 4 is 27.3 Å². The fraction of sp³-hybridized carbons (Fsp3) is 0.238. The summed E-state index contributed by atoms with van der Waals surface area (Å²) in [5, 5.41) is 49.8. The molecule has 0 spiro atoms. The summed E-state index contributed by atoms with van der Waals surface area (Å²) < 4.78 is 50.3. The topological polar surface area (TPSA) is 230 Å². The monoisotopic (exact) mass is 526 g/mol. The average Bonchev–Trinajstić information content (AvgIpc) is 2.81. The molecule has 2 heterocycles. The van der Waals surface area contributed by atoms with Crippen LogP contribution in [0.25, 0.3) is 22.3 Å². The van der Waals surface area contributed by atoms with Crippen molar-refractivity contribution in [2.24, 2.45) is 0 Å². The fourth-order valence-corrected chi connectivity index (χ4v) is 3.91. The molecule has 0 amide bonds. The molecule has 6 N–H and O–H groups in total. The first kappa shape index (κ1) is 25.5. The van der Waals surface area contributed by atoms with Gasteiger partial charge in [-0.1, -0.05) is 30.3 Å². The van der Waals surface area contributed by atoms with Gasteiger partial charge in [0.1, 0.15) is 35.0 Å². The Bertz CT molecular complexity index is 1470. The third kappa shape index (κ3) is 4.89. The summed E-state index contributed by atoms with van der Waals surface area (Å²) in [6.07, 6.45) is -11.2. The Kier molecular flexibility index (Phi) is 6.72. The molecule has 0 aliphatic carbocycles. The van der Waals surface area contributed by atoms with E-state index >= 15 is 0 Å². The van der Waals surface area contributed by atoms with E-state index in [0.29, 0.717) is 5.56 Å². The zero-order chi connectivity index (χ0) is 26.4. The molecule has 0 saturated carbocycles. The Morgan fingerprint density at radius 2 is 1.64 bits per heavy atom. The highest BCUT2D eigenvalue weighted by Gasteiger charge is 2.49. The van der Waals surface area contributed by atoms with Crippen LogP contribution in [0.5, 0.6) is 17.2 Å². The van der Waals surface area contributed by atoms with Crippen molar-refractivity contribution < 1.29 is 61.4 Å². The zero-order valence-electron chi connectivity index (χ0n) is 17.8. The number of aromatic hydroxyl groups is 2. The Morgan fingerprint density at radius 3 is 2.28 bits per heavy atom. The molecule has 1 aliphatic heterocycles. The number of phenolic OH excluding ortho intramolecular Hbond substituents is 2. The molecule has 1 unspecified atom stereocenters. The number of hydrogen-bond donors (Lipinski definition) is 6. The lowest BCUT2D eigenvalue weighted by Gasteiger charge is -2.38. The van der Waals surface area contributed by atoms with E-state index in [4.69, 9.17) is 18.4 Å². The third-order valence-electron chi connectivity index (χ3n) is 5.21. The molecule has 0 bridgehead atoms. The van der Waals surface area contributed by atoms with Crippen LogP contribution in [0.15, 0.2) is 51.7 Å². The van der Waals surface area contributed by atoms with Gasteiger partial charge in [0.05, 0.1) is 0 Å². The molecule has 1 aliphatic rings. The number of aliphatic hydroxyl groups excluding tert-OH is 3. The maximum absolute atomic E-state index is 12.9. The second kappa shape index (κ2) is 9.47. The number of hydrogen-bond acceptors (Lipinski definition) is 13. The number of rotatable bonds is 5. The molecule has 0 radical (unpaired) electrons. The molecular weight excluding hydrogens is 508 g/mol. The van der Waals surface area contributed by atoms with Gasteiger partial charge in [0.2, 0.25) is 12.0 Å². The quantitative estimate of drug-likeness (QED) is 0.106. The number of ether oxygens (including phenoxy) is 2. The zero-order valence-corrected chi connectivity index (χ0v) is 18.6. The van der Waals surface area contributed by atoms with Crippen molar-refractivity contribution in [2.45, 2.75) is 30.7 Å². The molecule has 192 valence electrons. The molecule has 5 atom stereocenters. The van der Waals surface area contributed by atoms with Crippen LogP contribution in [0.3, 0.4) is 0 Å². The molecule has 1 aromatic heterocycles. The Labute approximate surface area is 201 Å². The number of carbonyl (C=O) groups excluding carboxylic acids is 1. The summed E-state index contributed by atoms with van der Waals surface area (Å²) in [5.74, 6) is -4.33. The van der Waals surface area contributed by atoms with Crippen LogP contribution >= 0.6 is 0 Å². The van der Waals surface area contributed by atoms with Gasteiger partial charge in [-0.05, 0) is 0 Å². The van der Waals surface area contributed by atoms with Crippen LogP contribution in [-0.4, -0.2) is 75.2 Å². The van der Waals surface area contributed by atoms with Crippen LogP contribution in [0.2, 0.25) is 0 Å². The second-order valence-corrected chi connectivity index (χ2v) is 8.68. The van der Waals surface area contributed by atoms with Crippen molar-refractivity contribution in [3.8, 4) is 28.6 Å². The Balaban J connectivity index is 1.73. The van der Waals surface area contributed by atoms with Gasteiger partial charge in [0.25, 0.3) is 0 Å². The standard InChI is InChI=1S/C21H18O14S/c22-9-6-11(8-4-2-1-3-5-8)32-12-7-10(23)14(24)18(13(9)12)33-20(28)19-16(26)15(25)17(27)21(34-19)35-36(29,30)31/h1-7,15-17,19,21,23-27H,(H,29,30,31)/t15-,16-,17+,19-,21?/m0/s1. The predicted octanol–water partition coefficient (Wildman–Crippen LogP) is -0.596. The van der Waals surface area contributed by atoms with Gasteiger partial charge in [0, 0.05) is 17.7 Å². The smallest absolute Gasteiger partial charge is 0.399 e. The van der Waals surface area contributed by atoms with E-state index in [0.717, 1.165) is 12.1 Å². The second-order valence-electron chi connectivity index (χ2n) is 7.63. The molecule has 3 aromatic rings. The Hall–Kier alpha value is -3.57. The highest BCUT2D eigenvalue weighted by atomic mass is 32.3. The highest BCUT2D eigenvalue weighted by Crippen LogP contribution is 2.42. The van der Waals surface area contributed by atoms with Gasteiger partial charge >= 0.3 is 16.4 Å². The molecule has 2 aromatic carbocycles. The maximum Gasteiger partial charge on any atom is 0.399 e. The van der Waals surface area contributed by atoms with Gasteiger partial charge in [0.15, 0.2) is 23.0 Å². The number of fused-ring (bicyclic) bond motifs is 1. The average molecular weight is 526 g/mol. The van der Waals surface area contributed by atoms with Crippen LogP contribution in [-0.2, 0) is 24.1 Å². The van der Waals surface area contributed by atoms with Crippen LogP contribution in [0.1, 0.15) is 0 Å². The molecule has 1 saturated heterocycles. The van der Waals surface area contributed by atoms with Crippen LogP contribution in [0, 0.1) is 0 Å². The van der Waals surface area contributed by atoms with E-state index in [1.807, 2.05) is 0 Å². The van der Waals surface area contributed by atoms with Crippen LogP contribution in [0.4, 0.5) is 0 Å². The lowest BCUT2D eigenvalue weighted by molar-refractivity contribution is -0.270. The maximum atomic E-state index is 12.9. The van der Waals surface area contributed by atoms with Gasteiger partial charge < -0.3 is 39.4 Å². The SMILES string of the molecule is O=C(Oc1c(O)c(O)cc2oc(-c3ccccc3)cc(=O)c12)[C@H]1OC(OS(=O)(=O)O)[C@H](O)[C@@H](O)[C@@H]1O. The van der Waals surface area contributed by atoms with E-state index in [2.05, 4.69) is 4.18 Å². The number of aliphatic hydroxyl groups is 3. The van der Waals surface area contributed by atoms with Crippen molar-refractivity contribution in [1.82, 2.24) is 0 Å². The first-order chi connectivity index (χ1) is 16.9. The fourth-order valence-electron chi connectivity index (χ4n) is 3.51. The molecule has 36 heavy (non-hydrogen) atoms. The third-order valence-corrected chi connectivity index (χ3v) is 5.64. The molecule has 1 fully saturated rings. The summed E-state index contributed by atoms with van der Waals surface area (Å²) in [6.45, 7) is 0. The van der Waals surface area contributed by atoms with Gasteiger partial charge in [-0.2, -0.15) is 8.42 Å². The molecule has 4 rings (SSSR count). The number of benzene rings is 2. The number of carbonyl (C=O) groups is 1. The van der Waals surface area contributed by atoms with E-state index in [9.17, 15) is 43.5 Å². The van der Waals surface area contributed by atoms with E-state index in [1.165, 1.54) is 0 Å². The minimum atomic E-state index is -5.24. The minimum Gasteiger partial charge on any atom is -0.504 e. The number of esters is 1. The lowest BCUT2D eigenvalue weighted by Crippen LogP contribution is -2.61. The summed E-state index contributed by atoms with van der Waals surface area (Å²) in [5.41, 5.74) is -0.604. The summed E-state index contributed by atoms with van der Waals surface area (Å²) in [6, 6.07) is 10.3. The largest absolute Gasteiger partial charge is 0.504 e. The van der Waals surface area contributed by atoms with E-state index in [1.54, 1.807) is 30.3 Å². The summed E-state index contributed by atoms with van der Waals surface area (Å²) in [4.78, 5) is 25.6. The number of phenols is 2. The predicted molar refractivity (Wildman–Crippen MR) is 116 cm³/mol. The highest BCUT2D eigenvalue weighted by molar-refractivity contribution is 7.80. The van der Waals surface area contributed by atoms with E-state index < -0.39 is 75.1 Å². The molecular formula is C21H18O14S. The lowest BCUT2D eigenvalue weighted by atomic mass is 9.99. The van der Waals surface area contributed by atoms with Gasteiger partial charge in [-0.25, -0.2) is 8.98 Å². The molecule has 14 nitrogen and oxygen atoms in total. The van der Waals surface area contributed by atoms with Crippen molar-refractivity contribution in [3.05, 3.63) is 52.7 Å². The normalized spacial score (nSPS) is 24.5. The molecule has 15 heteroatoms. The van der Waals surface area contributed by atoms with Crippen molar-refractivity contribution in [1.29, 1.82) is 0 Å². The van der Waals surface area contributed by atoms with Gasteiger partial charge in [-0.15, -0.1) is 0 Å². The first-order valence-electron chi connectivity index (χ1n) is 10.0. The minimum absolute atomic E-state index is 0.0869. The van der Waals surface area contributed by atoms with Crippen LogP contribution < -0.4 is 10.2 Å². The van der Waals surface area contributed by atoms with Crippen molar-refractivity contribution in [3.63, 3.8) is 0 Å². The van der Waals surface area contributed by atoms with Crippen molar-refractivity contribution in [2.75, 3.05) is 0 Å². The first-order valence-corrected chi connectivity index (χ1v) is 11.4. The van der Waals surface area contributed by atoms with E-state index in [-0.39, 0.29) is 11.3 Å². The summed E-state index contributed by atoms with van der Waals surface area (Å²) >= 11 is 0. The Morgan fingerprint density at radius 1 is 0.972 bits per heavy atom. The summed E-state index contributed by atoms with van der Waals surface area (Å²) in [7, 11) is -5.24.